The van der Waals surface area contributed by atoms with Gasteiger partial charge in [-0.25, -0.2) is 4.39 Å². The highest BCUT2D eigenvalue weighted by atomic mass is 19.1. The van der Waals surface area contributed by atoms with Crippen LogP contribution in [0.1, 0.15) is 6.42 Å². The first-order valence-corrected chi connectivity index (χ1v) is 7.81. The summed E-state index contributed by atoms with van der Waals surface area (Å²) >= 11 is 0. The molecule has 2 aliphatic rings. The summed E-state index contributed by atoms with van der Waals surface area (Å²) in [6.07, 6.45) is 1.04. The first-order valence-electron chi connectivity index (χ1n) is 7.81. The molecule has 1 saturated heterocycles. The molecule has 2 aromatic carbocycles. The fraction of sp³-hybridized carbons (Fsp3) is 0.333. The molecule has 0 radical (unpaired) electrons. The molecule has 0 aliphatic carbocycles. The predicted molar refractivity (Wildman–Crippen MR) is 86.0 cm³/mol. The predicted octanol–water partition coefficient (Wildman–Crippen LogP) is 3.05. The van der Waals surface area contributed by atoms with Crippen molar-refractivity contribution in [1.82, 2.24) is 5.32 Å². The second kappa shape index (κ2) is 5.61. The molecule has 3 nitrogen and oxygen atoms in total. The smallest absolute Gasteiger partial charge is 0.142 e. The minimum atomic E-state index is -0.205. The molecule has 0 bridgehead atoms. The third-order valence-corrected chi connectivity index (χ3v) is 4.50. The minimum absolute atomic E-state index is 0.205. The van der Waals surface area contributed by atoms with E-state index in [1.165, 1.54) is 12.1 Å². The summed E-state index contributed by atoms with van der Waals surface area (Å²) in [5.74, 6) is 0.749. The number of nitrogens with one attached hydrogen (secondary N) is 1. The van der Waals surface area contributed by atoms with Gasteiger partial charge in [0.05, 0.1) is 12.3 Å². The number of nitrogens with zero attached hydrogens (tertiary/aromatic N) is 1. The van der Waals surface area contributed by atoms with Crippen LogP contribution in [0.2, 0.25) is 0 Å². The third kappa shape index (κ3) is 2.44. The lowest BCUT2D eigenvalue weighted by atomic mass is 10.0. The Morgan fingerprint density at radius 2 is 1.91 bits per heavy atom. The van der Waals surface area contributed by atoms with Crippen LogP contribution >= 0.6 is 0 Å². The normalized spacial score (nSPS) is 20.6. The van der Waals surface area contributed by atoms with E-state index in [9.17, 15) is 4.39 Å². The van der Waals surface area contributed by atoms with Crippen LogP contribution in [0, 0.1) is 5.82 Å². The van der Waals surface area contributed by atoms with Gasteiger partial charge in [0.2, 0.25) is 0 Å². The van der Waals surface area contributed by atoms with E-state index in [1.807, 2.05) is 18.2 Å². The average Bonchev–Trinajstić information content (AvgIpc) is 2.74. The van der Waals surface area contributed by atoms with E-state index in [4.69, 9.17) is 4.74 Å². The van der Waals surface area contributed by atoms with Gasteiger partial charge in [0, 0.05) is 32.1 Å². The number of hydrogen-bond donors (Lipinski definition) is 1. The van der Waals surface area contributed by atoms with Crippen LogP contribution in [0.25, 0.3) is 11.1 Å². The molecule has 4 rings (SSSR count). The molecule has 2 heterocycles. The molecule has 0 unspecified atom stereocenters. The van der Waals surface area contributed by atoms with Crippen LogP contribution in [0.5, 0.6) is 5.75 Å². The Hall–Kier alpha value is -2.07. The monoisotopic (exact) mass is 298 g/mol. The zero-order valence-corrected chi connectivity index (χ0v) is 12.4. The number of halogens is 1. The highest BCUT2D eigenvalue weighted by Crippen LogP contribution is 2.37. The van der Waals surface area contributed by atoms with Gasteiger partial charge in [-0.1, -0.05) is 18.2 Å². The van der Waals surface area contributed by atoms with Crippen molar-refractivity contribution >= 4 is 5.69 Å². The van der Waals surface area contributed by atoms with Gasteiger partial charge < -0.3 is 15.0 Å². The van der Waals surface area contributed by atoms with Crippen molar-refractivity contribution in [3.63, 3.8) is 0 Å². The molecule has 1 fully saturated rings. The Morgan fingerprint density at radius 3 is 2.77 bits per heavy atom. The van der Waals surface area contributed by atoms with Crippen LogP contribution < -0.4 is 15.0 Å². The highest BCUT2D eigenvalue weighted by molar-refractivity contribution is 5.73. The van der Waals surface area contributed by atoms with Gasteiger partial charge in [0.1, 0.15) is 11.6 Å². The largest absolute Gasteiger partial charge is 0.491 e. The number of anilines is 1. The molecule has 0 amide bonds. The van der Waals surface area contributed by atoms with Gasteiger partial charge >= 0.3 is 0 Å². The van der Waals surface area contributed by atoms with Crippen LogP contribution in [-0.2, 0) is 0 Å². The van der Waals surface area contributed by atoms with Crippen molar-refractivity contribution in [2.45, 2.75) is 12.5 Å². The maximum absolute atomic E-state index is 13.1. The fourth-order valence-corrected chi connectivity index (χ4v) is 3.33. The number of ether oxygens (including phenoxy) is 1. The summed E-state index contributed by atoms with van der Waals surface area (Å²) in [7, 11) is 0. The summed E-state index contributed by atoms with van der Waals surface area (Å²) in [5.41, 5.74) is 3.28. The summed E-state index contributed by atoms with van der Waals surface area (Å²) in [6.45, 7) is 3.75. The third-order valence-electron chi connectivity index (χ3n) is 4.50. The van der Waals surface area contributed by atoms with E-state index in [0.717, 1.165) is 55.2 Å². The van der Waals surface area contributed by atoms with Gasteiger partial charge in [-0.15, -0.1) is 0 Å². The first-order chi connectivity index (χ1) is 10.8. The summed E-state index contributed by atoms with van der Waals surface area (Å²) in [6, 6.07) is 13.4. The molecule has 2 aliphatic heterocycles. The van der Waals surface area contributed by atoms with Crippen molar-refractivity contribution in [1.29, 1.82) is 0 Å². The molecule has 22 heavy (non-hydrogen) atoms. The van der Waals surface area contributed by atoms with E-state index in [-0.39, 0.29) is 5.82 Å². The number of benzene rings is 2. The van der Waals surface area contributed by atoms with Crippen molar-refractivity contribution in [2.75, 3.05) is 31.1 Å². The second-order valence-corrected chi connectivity index (χ2v) is 5.88. The molecule has 4 heteroatoms. The Morgan fingerprint density at radius 1 is 1.09 bits per heavy atom. The highest BCUT2D eigenvalue weighted by Gasteiger charge is 2.27. The van der Waals surface area contributed by atoms with Crippen molar-refractivity contribution in [3.05, 3.63) is 48.3 Å². The molecule has 114 valence electrons. The Kier molecular flexibility index (Phi) is 3.47. The van der Waals surface area contributed by atoms with Gasteiger partial charge in [-0.3, -0.25) is 0 Å². The van der Waals surface area contributed by atoms with Crippen molar-refractivity contribution in [3.8, 4) is 16.9 Å². The lowest BCUT2D eigenvalue weighted by molar-refractivity contribution is 0.304. The number of fused-ring (bicyclic) bond motifs is 3. The zero-order valence-electron chi connectivity index (χ0n) is 12.4. The molecule has 0 spiro atoms. The van der Waals surface area contributed by atoms with Crippen LogP contribution in [-0.4, -0.2) is 32.3 Å². The minimum Gasteiger partial charge on any atom is -0.491 e. The van der Waals surface area contributed by atoms with E-state index >= 15 is 0 Å². The Labute approximate surface area is 129 Å². The first kappa shape index (κ1) is 13.6. The van der Waals surface area contributed by atoms with Gasteiger partial charge in [-0.05, 0) is 35.4 Å². The van der Waals surface area contributed by atoms with Crippen LogP contribution in [0.4, 0.5) is 10.1 Å². The van der Waals surface area contributed by atoms with Gasteiger partial charge in [0.25, 0.3) is 0 Å². The SMILES string of the molecule is Fc1ccc(-c2ccc3c(c2)N2CCNC[C@@H]2CCO3)cc1. The molecule has 1 atom stereocenters. The van der Waals surface area contributed by atoms with E-state index in [2.05, 4.69) is 22.3 Å². The Bertz CT molecular complexity index is 671. The molecular weight excluding hydrogens is 279 g/mol. The molecule has 2 aromatic rings. The fourth-order valence-electron chi connectivity index (χ4n) is 3.33. The van der Waals surface area contributed by atoms with Crippen LogP contribution in [0.3, 0.4) is 0 Å². The summed E-state index contributed by atoms with van der Waals surface area (Å²) < 4.78 is 19.0. The molecule has 0 aromatic heterocycles. The van der Waals surface area contributed by atoms with Crippen molar-refractivity contribution < 1.29 is 9.13 Å². The Balaban J connectivity index is 1.75. The molecular formula is C18H19FN2O. The topological polar surface area (TPSA) is 24.5 Å². The lowest BCUT2D eigenvalue weighted by Gasteiger charge is -2.36. The zero-order chi connectivity index (χ0) is 14.9. The van der Waals surface area contributed by atoms with E-state index in [1.54, 1.807) is 0 Å². The number of rotatable bonds is 1. The van der Waals surface area contributed by atoms with Gasteiger partial charge in [-0.2, -0.15) is 0 Å². The number of piperazine rings is 1. The maximum Gasteiger partial charge on any atom is 0.142 e. The van der Waals surface area contributed by atoms with Crippen molar-refractivity contribution in [2.24, 2.45) is 0 Å². The number of hydrogen-bond acceptors (Lipinski definition) is 3. The van der Waals surface area contributed by atoms with Crippen LogP contribution in [0.15, 0.2) is 42.5 Å². The standard InChI is InChI=1S/C18H19FN2O/c19-15-4-1-13(2-5-15)14-3-6-18-17(11-14)21-9-8-20-12-16(21)7-10-22-18/h1-6,11,16,20H,7-10,12H2/t16-/m0/s1. The quantitative estimate of drug-likeness (QED) is 0.876. The summed E-state index contributed by atoms with van der Waals surface area (Å²) in [5, 5.41) is 3.46. The summed E-state index contributed by atoms with van der Waals surface area (Å²) in [4.78, 5) is 2.45. The molecule has 1 N–H and O–H groups in total. The lowest BCUT2D eigenvalue weighted by Crippen LogP contribution is -2.51. The van der Waals surface area contributed by atoms with E-state index in [0.29, 0.717) is 6.04 Å². The maximum atomic E-state index is 13.1. The second-order valence-electron chi connectivity index (χ2n) is 5.88. The average molecular weight is 298 g/mol. The molecule has 0 saturated carbocycles. The van der Waals surface area contributed by atoms with E-state index < -0.39 is 0 Å². The van der Waals surface area contributed by atoms with Gasteiger partial charge in [0.15, 0.2) is 0 Å².